The van der Waals surface area contributed by atoms with Crippen LogP contribution in [0.5, 0.6) is 17.2 Å². The molecule has 3 aromatic carbocycles. The SMILES string of the molecule is COc1cc([C@H](C(=O)NC[C@@H]2CCCO2)N(C(=O)Cn2nnc3ccccc32)c2ccc(-n3cnnn3)c(OC)c2)ccc1O. The summed E-state index contributed by atoms with van der Waals surface area (Å²) in [6.45, 7) is 0.660. The van der Waals surface area contributed by atoms with Crippen molar-refractivity contribution in [3.63, 3.8) is 0 Å². The number of anilines is 1. The number of carbonyl (C=O) groups is 2. The first-order chi connectivity index (χ1) is 22.0. The van der Waals surface area contributed by atoms with Crippen LogP contribution in [0.1, 0.15) is 24.4 Å². The van der Waals surface area contributed by atoms with E-state index in [-0.39, 0.29) is 30.7 Å². The van der Waals surface area contributed by atoms with Crippen LogP contribution in [0.25, 0.3) is 16.7 Å². The first-order valence-corrected chi connectivity index (χ1v) is 14.2. The van der Waals surface area contributed by atoms with Gasteiger partial charge in [-0.25, -0.2) is 4.68 Å². The van der Waals surface area contributed by atoms with Gasteiger partial charge < -0.3 is 24.6 Å². The van der Waals surface area contributed by atoms with Crippen LogP contribution in [0.15, 0.2) is 67.0 Å². The van der Waals surface area contributed by atoms with E-state index in [1.54, 1.807) is 30.3 Å². The molecule has 2 atom stereocenters. The van der Waals surface area contributed by atoms with Gasteiger partial charge in [0.25, 0.3) is 0 Å². The van der Waals surface area contributed by atoms with Gasteiger partial charge in [-0.3, -0.25) is 14.5 Å². The second kappa shape index (κ2) is 13.0. The molecule has 1 aliphatic rings. The topological polar surface area (TPSA) is 172 Å². The first kappa shape index (κ1) is 29.5. The third kappa shape index (κ3) is 6.10. The zero-order chi connectivity index (χ0) is 31.3. The van der Waals surface area contributed by atoms with E-state index < -0.39 is 17.9 Å². The van der Waals surface area contributed by atoms with Crippen molar-refractivity contribution in [2.24, 2.45) is 0 Å². The minimum absolute atomic E-state index is 0.112. The Morgan fingerprint density at radius 1 is 1.09 bits per heavy atom. The van der Waals surface area contributed by atoms with E-state index in [2.05, 4.69) is 31.2 Å². The van der Waals surface area contributed by atoms with Crippen LogP contribution < -0.4 is 19.7 Å². The minimum Gasteiger partial charge on any atom is -0.504 e. The van der Waals surface area contributed by atoms with Gasteiger partial charge in [-0.05, 0) is 65.2 Å². The van der Waals surface area contributed by atoms with Crippen molar-refractivity contribution in [3.8, 4) is 22.9 Å². The third-order valence-electron chi connectivity index (χ3n) is 7.57. The Labute approximate surface area is 257 Å². The molecule has 0 unspecified atom stereocenters. The summed E-state index contributed by atoms with van der Waals surface area (Å²) in [4.78, 5) is 30.0. The molecule has 232 valence electrons. The van der Waals surface area contributed by atoms with E-state index in [9.17, 15) is 14.7 Å². The highest BCUT2D eigenvalue weighted by Gasteiger charge is 2.35. The average molecular weight is 614 g/mol. The Hall–Kier alpha value is -5.57. The fourth-order valence-electron chi connectivity index (χ4n) is 5.35. The molecule has 15 heteroatoms. The molecule has 2 aromatic heterocycles. The van der Waals surface area contributed by atoms with E-state index in [0.29, 0.717) is 40.3 Å². The number of tetrazole rings is 1. The fourth-order valence-corrected chi connectivity index (χ4v) is 5.35. The molecule has 1 aliphatic heterocycles. The fraction of sp³-hybridized carbons (Fsp3) is 0.300. The van der Waals surface area contributed by atoms with Gasteiger partial charge in [0.2, 0.25) is 11.8 Å². The van der Waals surface area contributed by atoms with Crippen molar-refractivity contribution < 1.29 is 28.9 Å². The molecule has 1 saturated heterocycles. The van der Waals surface area contributed by atoms with E-state index in [0.717, 1.165) is 12.8 Å². The lowest BCUT2D eigenvalue weighted by molar-refractivity contribution is -0.127. The number of fused-ring (bicyclic) bond motifs is 1. The van der Waals surface area contributed by atoms with Gasteiger partial charge in [-0.2, -0.15) is 4.68 Å². The molecule has 0 saturated carbocycles. The lowest BCUT2D eigenvalue weighted by Crippen LogP contribution is -2.46. The van der Waals surface area contributed by atoms with E-state index >= 15 is 0 Å². The summed E-state index contributed by atoms with van der Waals surface area (Å²) in [5.74, 6) is -0.541. The standard InChI is InChI=1S/C30H31N9O6/c1-43-26-15-20(10-11-24(26)38-18-32-34-36-38)39(28(41)17-37-23-8-4-3-7-22(23)33-35-37)29(19-9-12-25(40)27(14-19)44-2)30(42)31-16-21-6-5-13-45-21/h3-4,7-12,14-15,18,21,29,40H,5-6,13,16-17H2,1-2H3,(H,31,42)/t21-,29+/m0/s1. The molecule has 6 rings (SSSR count). The van der Waals surface area contributed by atoms with Crippen molar-refractivity contribution in [3.05, 3.63) is 72.6 Å². The number of aromatic nitrogens is 7. The molecular formula is C30H31N9O6. The molecule has 0 aliphatic carbocycles. The number of nitrogens with zero attached hydrogens (tertiary/aromatic N) is 8. The molecule has 0 bridgehead atoms. The smallest absolute Gasteiger partial charge is 0.249 e. The molecule has 2 amide bonds. The number of para-hydroxylation sites is 1. The number of phenols is 1. The van der Waals surface area contributed by atoms with E-state index in [1.807, 2.05) is 18.2 Å². The van der Waals surface area contributed by atoms with Gasteiger partial charge in [-0.15, -0.1) is 10.2 Å². The summed E-state index contributed by atoms with van der Waals surface area (Å²) in [6, 6.07) is 15.6. The van der Waals surface area contributed by atoms with Crippen molar-refractivity contribution in [2.45, 2.75) is 31.5 Å². The number of hydrogen-bond donors (Lipinski definition) is 2. The quantitative estimate of drug-likeness (QED) is 0.224. The number of nitrogens with one attached hydrogen (secondary N) is 1. The van der Waals surface area contributed by atoms with Gasteiger partial charge in [0.15, 0.2) is 11.5 Å². The van der Waals surface area contributed by atoms with Crippen LogP contribution in [-0.2, 0) is 20.9 Å². The number of methoxy groups -OCH3 is 2. The Morgan fingerprint density at radius 2 is 1.93 bits per heavy atom. The molecule has 45 heavy (non-hydrogen) atoms. The normalized spacial score (nSPS) is 15.1. The maximum Gasteiger partial charge on any atom is 0.249 e. The van der Waals surface area contributed by atoms with Crippen LogP contribution in [-0.4, -0.2) is 85.6 Å². The van der Waals surface area contributed by atoms with E-state index in [4.69, 9.17) is 14.2 Å². The number of ether oxygens (including phenoxy) is 3. The summed E-state index contributed by atoms with van der Waals surface area (Å²) >= 11 is 0. The number of rotatable bonds is 11. The van der Waals surface area contributed by atoms with Crippen molar-refractivity contribution in [2.75, 3.05) is 32.3 Å². The number of hydrogen-bond acceptors (Lipinski definition) is 11. The lowest BCUT2D eigenvalue weighted by atomic mass is 10.0. The second-order valence-corrected chi connectivity index (χ2v) is 10.3. The highest BCUT2D eigenvalue weighted by molar-refractivity contribution is 6.02. The maximum absolute atomic E-state index is 14.4. The summed E-state index contributed by atoms with van der Waals surface area (Å²) < 4.78 is 19.7. The van der Waals surface area contributed by atoms with Crippen molar-refractivity contribution >= 4 is 28.5 Å². The van der Waals surface area contributed by atoms with Gasteiger partial charge in [0.05, 0.1) is 25.8 Å². The Morgan fingerprint density at radius 3 is 2.69 bits per heavy atom. The summed E-state index contributed by atoms with van der Waals surface area (Å²) in [7, 11) is 2.89. The minimum atomic E-state index is -1.20. The van der Waals surface area contributed by atoms with Gasteiger partial charge >= 0.3 is 0 Å². The zero-order valence-electron chi connectivity index (χ0n) is 24.6. The predicted octanol–water partition coefficient (Wildman–Crippen LogP) is 2.20. The van der Waals surface area contributed by atoms with E-state index in [1.165, 1.54) is 46.9 Å². The summed E-state index contributed by atoms with van der Waals surface area (Å²) in [6.07, 6.45) is 3.00. The highest BCUT2D eigenvalue weighted by atomic mass is 16.5. The van der Waals surface area contributed by atoms with Gasteiger partial charge in [0, 0.05) is 24.9 Å². The average Bonchev–Trinajstić information content (AvgIpc) is 3.86. The van der Waals surface area contributed by atoms with Crippen molar-refractivity contribution in [1.82, 2.24) is 40.5 Å². The largest absolute Gasteiger partial charge is 0.504 e. The Bertz CT molecular complexity index is 1800. The number of benzene rings is 3. The number of carbonyl (C=O) groups excluding carboxylic acids is 2. The molecule has 1 fully saturated rings. The predicted molar refractivity (Wildman–Crippen MR) is 160 cm³/mol. The number of phenolic OH excluding ortho intramolecular Hbond substituents is 1. The van der Waals surface area contributed by atoms with Crippen LogP contribution in [0.3, 0.4) is 0 Å². The molecule has 3 heterocycles. The van der Waals surface area contributed by atoms with Crippen LogP contribution >= 0.6 is 0 Å². The monoisotopic (exact) mass is 613 g/mol. The highest BCUT2D eigenvalue weighted by Crippen LogP contribution is 2.36. The van der Waals surface area contributed by atoms with Gasteiger partial charge in [0.1, 0.15) is 35.9 Å². The van der Waals surface area contributed by atoms with Gasteiger partial charge in [-0.1, -0.05) is 23.4 Å². The van der Waals surface area contributed by atoms with Crippen LogP contribution in [0, 0.1) is 0 Å². The third-order valence-corrected chi connectivity index (χ3v) is 7.57. The number of aromatic hydroxyl groups is 1. The van der Waals surface area contributed by atoms with Crippen LogP contribution in [0.2, 0.25) is 0 Å². The maximum atomic E-state index is 14.4. The first-order valence-electron chi connectivity index (χ1n) is 14.2. The molecule has 5 aromatic rings. The lowest BCUT2D eigenvalue weighted by Gasteiger charge is -2.32. The Balaban J connectivity index is 1.46. The molecule has 2 N–H and O–H groups in total. The summed E-state index contributed by atoms with van der Waals surface area (Å²) in [5.41, 5.74) is 2.55. The van der Waals surface area contributed by atoms with Crippen molar-refractivity contribution in [1.29, 1.82) is 0 Å². The van der Waals surface area contributed by atoms with Crippen LogP contribution in [0.4, 0.5) is 5.69 Å². The zero-order valence-corrected chi connectivity index (χ0v) is 24.6. The molecular weight excluding hydrogens is 582 g/mol. The molecule has 15 nitrogen and oxygen atoms in total. The molecule has 0 spiro atoms. The second-order valence-electron chi connectivity index (χ2n) is 10.3. The molecule has 0 radical (unpaired) electrons. The summed E-state index contributed by atoms with van der Waals surface area (Å²) in [5, 5.41) is 33.0. The Kier molecular flexibility index (Phi) is 8.50. The number of amides is 2.